The van der Waals surface area contributed by atoms with Gasteiger partial charge in [-0.25, -0.2) is 4.39 Å². The molecule has 2 N–H and O–H groups in total. The van der Waals surface area contributed by atoms with E-state index in [9.17, 15) is 14.0 Å². The van der Waals surface area contributed by atoms with Crippen molar-refractivity contribution >= 4 is 28.8 Å². The molecule has 0 bridgehead atoms. The molecule has 1 atom stereocenters. The van der Waals surface area contributed by atoms with Gasteiger partial charge in [-0.1, -0.05) is 18.2 Å². The van der Waals surface area contributed by atoms with Crippen molar-refractivity contribution in [2.45, 2.75) is 26.3 Å². The van der Waals surface area contributed by atoms with Crippen LogP contribution in [-0.4, -0.2) is 11.8 Å². The normalized spacial score (nSPS) is 11.7. The van der Waals surface area contributed by atoms with Gasteiger partial charge in [0.05, 0.1) is 5.92 Å². The lowest BCUT2D eigenvalue weighted by Crippen LogP contribution is -2.27. The van der Waals surface area contributed by atoms with Gasteiger partial charge in [0, 0.05) is 27.5 Å². The summed E-state index contributed by atoms with van der Waals surface area (Å²) in [6.07, 6.45) is 0. The first-order valence-corrected chi connectivity index (χ1v) is 9.74. The average molecular weight is 396 g/mol. The Kier molecular flexibility index (Phi) is 6.21. The van der Waals surface area contributed by atoms with Gasteiger partial charge < -0.3 is 10.6 Å². The molecular formula is C22H21FN2O2S. The number of aryl methyl sites for hydroxylation is 1. The smallest absolute Gasteiger partial charge is 0.255 e. The lowest BCUT2D eigenvalue weighted by molar-refractivity contribution is -0.122. The highest BCUT2D eigenvalue weighted by Crippen LogP contribution is 2.24. The van der Waals surface area contributed by atoms with Crippen molar-refractivity contribution in [2.24, 2.45) is 0 Å². The lowest BCUT2D eigenvalue weighted by Gasteiger charge is -2.12. The first-order chi connectivity index (χ1) is 13.4. The Morgan fingerprint density at radius 3 is 2.57 bits per heavy atom. The number of carbonyl (C=O) groups excluding carboxylic acids is 2. The molecule has 28 heavy (non-hydrogen) atoms. The molecular weight excluding hydrogens is 375 g/mol. The number of benzene rings is 2. The summed E-state index contributed by atoms with van der Waals surface area (Å²) in [4.78, 5) is 26.9. The molecule has 1 heterocycles. The van der Waals surface area contributed by atoms with Crippen molar-refractivity contribution in [1.82, 2.24) is 5.32 Å². The zero-order valence-electron chi connectivity index (χ0n) is 15.7. The summed E-state index contributed by atoms with van der Waals surface area (Å²) in [7, 11) is 0. The van der Waals surface area contributed by atoms with Crippen LogP contribution in [0.4, 0.5) is 10.1 Å². The highest BCUT2D eigenvalue weighted by atomic mass is 32.1. The number of halogens is 1. The van der Waals surface area contributed by atoms with Gasteiger partial charge in [0.25, 0.3) is 5.91 Å². The predicted octanol–water partition coefficient (Wildman–Crippen LogP) is 4.87. The summed E-state index contributed by atoms with van der Waals surface area (Å²) in [6.45, 7) is 4.26. The van der Waals surface area contributed by atoms with Crippen LogP contribution >= 0.6 is 11.3 Å². The van der Waals surface area contributed by atoms with Crippen molar-refractivity contribution in [3.63, 3.8) is 0 Å². The molecule has 0 saturated carbocycles. The quantitative estimate of drug-likeness (QED) is 0.625. The van der Waals surface area contributed by atoms with E-state index in [1.165, 1.54) is 23.1 Å². The van der Waals surface area contributed by atoms with Crippen LogP contribution < -0.4 is 10.6 Å². The first kappa shape index (κ1) is 19.8. The van der Waals surface area contributed by atoms with E-state index in [0.717, 1.165) is 10.4 Å². The fourth-order valence-electron chi connectivity index (χ4n) is 2.75. The third kappa shape index (κ3) is 5.04. The highest BCUT2D eigenvalue weighted by Gasteiger charge is 2.16. The summed E-state index contributed by atoms with van der Waals surface area (Å²) < 4.78 is 13.3. The van der Waals surface area contributed by atoms with Crippen molar-refractivity contribution in [1.29, 1.82) is 0 Å². The highest BCUT2D eigenvalue weighted by molar-refractivity contribution is 7.12. The molecule has 2 aromatic carbocycles. The molecule has 3 aromatic rings. The van der Waals surface area contributed by atoms with Crippen LogP contribution in [0.3, 0.4) is 0 Å². The van der Waals surface area contributed by atoms with Crippen LogP contribution in [0, 0.1) is 12.7 Å². The first-order valence-electron chi connectivity index (χ1n) is 8.92. The van der Waals surface area contributed by atoms with Crippen LogP contribution in [0.15, 0.2) is 60.7 Å². The Morgan fingerprint density at radius 1 is 1.07 bits per heavy atom. The third-order valence-electron chi connectivity index (χ3n) is 4.32. The number of anilines is 1. The molecule has 0 aliphatic rings. The van der Waals surface area contributed by atoms with E-state index < -0.39 is 5.82 Å². The lowest BCUT2D eigenvalue weighted by atomic mass is 10.1. The minimum Gasteiger partial charge on any atom is -0.351 e. The Labute approximate surface area is 167 Å². The number of hydrogen-bond acceptors (Lipinski definition) is 3. The summed E-state index contributed by atoms with van der Waals surface area (Å²) in [6, 6.07) is 16.7. The molecule has 6 heteroatoms. The molecule has 0 spiro atoms. The van der Waals surface area contributed by atoms with Crippen LogP contribution in [0.2, 0.25) is 0 Å². The van der Waals surface area contributed by atoms with Crippen LogP contribution in [0.25, 0.3) is 0 Å². The molecule has 0 fully saturated rings. The molecule has 0 aliphatic carbocycles. The molecule has 0 unspecified atom stereocenters. The van der Waals surface area contributed by atoms with Crippen LogP contribution in [0.5, 0.6) is 0 Å². The molecule has 1 aromatic heterocycles. The maximum absolute atomic E-state index is 13.3. The number of amides is 2. The van der Waals surface area contributed by atoms with E-state index in [4.69, 9.17) is 0 Å². The Balaban J connectivity index is 1.60. The van der Waals surface area contributed by atoms with E-state index in [0.29, 0.717) is 12.2 Å². The number of nitrogens with one attached hydrogen (secondary N) is 2. The summed E-state index contributed by atoms with van der Waals surface area (Å²) >= 11 is 1.62. The van der Waals surface area contributed by atoms with Gasteiger partial charge in [-0.2, -0.15) is 0 Å². The predicted molar refractivity (Wildman–Crippen MR) is 110 cm³/mol. The molecule has 4 nitrogen and oxygen atoms in total. The van der Waals surface area contributed by atoms with Crippen LogP contribution in [-0.2, 0) is 11.3 Å². The van der Waals surface area contributed by atoms with Crippen molar-refractivity contribution in [2.75, 3.05) is 5.32 Å². The summed E-state index contributed by atoms with van der Waals surface area (Å²) in [5.74, 6) is -1.10. The minimum atomic E-state index is -0.459. The van der Waals surface area contributed by atoms with E-state index in [-0.39, 0.29) is 23.3 Å². The topological polar surface area (TPSA) is 58.2 Å². The molecule has 3 rings (SSSR count). The van der Waals surface area contributed by atoms with Gasteiger partial charge in [-0.15, -0.1) is 11.3 Å². The van der Waals surface area contributed by atoms with Gasteiger partial charge in [0.15, 0.2) is 0 Å². The van der Waals surface area contributed by atoms with E-state index in [2.05, 4.69) is 10.6 Å². The average Bonchev–Trinajstić information content (AvgIpc) is 3.12. The number of carbonyl (C=O) groups is 2. The zero-order chi connectivity index (χ0) is 20.1. The fourth-order valence-corrected chi connectivity index (χ4v) is 3.68. The van der Waals surface area contributed by atoms with E-state index >= 15 is 0 Å². The van der Waals surface area contributed by atoms with Gasteiger partial charge in [0.2, 0.25) is 5.91 Å². The number of hydrogen-bond donors (Lipinski definition) is 2. The Bertz CT molecular complexity index is 999. The van der Waals surface area contributed by atoms with Crippen molar-refractivity contribution in [3.05, 3.63) is 87.4 Å². The van der Waals surface area contributed by atoms with Gasteiger partial charge in [-0.05, 0) is 61.9 Å². The Hall–Kier alpha value is -2.99. The standard InChI is InChI=1S/C22H21FN2O2S/c1-14-9-10-20(28-14)15(2)21(26)24-13-16-5-3-8-19(11-16)25-22(27)17-6-4-7-18(23)12-17/h3-12,15H,13H2,1-2H3,(H,24,26)(H,25,27)/t15-/m1/s1. The van der Waals surface area contributed by atoms with Crippen molar-refractivity contribution < 1.29 is 14.0 Å². The molecule has 0 saturated heterocycles. The molecule has 0 radical (unpaired) electrons. The third-order valence-corrected chi connectivity index (χ3v) is 5.50. The second kappa shape index (κ2) is 8.80. The van der Waals surface area contributed by atoms with Crippen LogP contribution in [0.1, 0.15) is 38.5 Å². The second-order valence-electron chi connectivity index (χ2n) is 6.55. The largest absolute Gasteiger partial charge is 0.351 e. The molecule has 144 valence electrons. The Morgan fingerprint density at radius 2 is 1.86 bits per heavy atom. The van der Waals surface area contributed by atoms with Gasteiger partial charge >= 0.3 is 0 Å². The number of thiophene rings is 1. The monoisotopic (exact) mass is 396 g/mol. The summed E-state index contributed by atoms with van der Waals surface area (Å²) in [5, 5.41) is 5.68. The van der Waals surface area contributed by atoms with Gasteiger partial charge in [-0.3, -0.25) is 9.59 Å². The fraction of sp³-hybridized carbons (Fsp3) is 0.182. The maximum Gasteiger partial charge on any atom is 0.255 e. The summed E-state index contributed by atoms with van der Waals surface area (Å²) in [5.41, 5.74) is 1.70. The molecule has 0 aliphatic heterocycles. The maximum atomic E-state index is 13.3. The minimum absolute atomic E-state index is 0.0453. The van der Waals surface area contributed by atoms with E-state index in [1.807, 2.05) is 32.0 Å². The molecule has 2 amide bonds. The van der Waals surface area contributed by atoms with Gasteiger partial charge in [0.1, 0.15) is 5.82 Å². The second-order valence-corrected chi connectivity index (χ2v) is 7.87. The number of rotatable bonds is 6. The van der Waals surface area contributed by atoms with E-state index in [1.54, 1.807) is 35.6 Å². The zero-order valence-corrected chi connectivity index (χ0v) is 16.5. The van der Waals surface area contributed by atoms with Crippen molar-refractivity contribution in [3.8, 4) is 0 Å². The SMILES string of the molecule is Cc1ccc([C@@H](C)C(=O)NCc2cccc(NC(=O)c3cccc(F)c3)c2)s1.